The van der Waals surface area contributed by atoms with E-state index in [2.05, 4.69) is 10.1 Å². The molecule has 0 atom stereocenters. The Bertz CT molecular complexity index is 727. The lowest BCUT2D eigenvalue weighted by Crippen LogP contribution is -2.04. The molecule has 7 heteroatoms. The summed E-state index contributed by atoms with van der Waals surface area (Å²) in [4.78, 5) is 5.32. The summed E-state index contributed by atoms with van der Waals surface area (Å²) in [5.74, 6) is 0.636. The second kappa shape index (κ2) is 4.08. The van der Waals surface area contributed by atoms with Crippen LogP contribution in [0.25, 0.3) is 10.8 Å². The third-order valence-electron chi connectivity index (χ3n) is 2.89. The van der Waals surface area contributed by atoms with Gasteiger partial charge in [0.1, 0.15) is 0 Å². The molecule has 0 aliphatic rings. The molecule has 0 aliphatic heterocycles. The summed E-state index contributed by atoms with van der Waals surface area (Å²) in [6.45, 7) is 3.64. The van der Waals surface area contributed by atoms with Crippen LogP contribution in [0.2, 0.25) is 5.02 Å². The SMILES string of the molecule is Cc1nn(-c2nc3sccn3c2CO)c(C)c1Cl. The highest BCUT2D eigenvalue weighted by atomic mass is 35.5. The molecule has 3 aromatic heterocycles. The van der Waals surface area contributed by atoms with Gasteiger partial charge in [0.2, 0.25) is 0 Å². The van der Waals surface area contributed by atoms with E-state index >= 15 is 0 Å². The number of imidazole rings is 1. The van der Waals surface area contributed by atoms with E-state index in [9.17, 15) is 5.11 Å². The lowest BCUT2D eigenvalue weighted by atomic mass is 10.4. The van der Waals surface area contributed by atoms with Crippen LogP contribution in [-0.2, 0) is 6.61 Å². The number of halogens is 1. The quantitative estimate of drug-likeness (QED) is 0.785. The number of fused-ring (bicyclic) bond motifs is 1. The molecular weight excluding hydrogens is 272 g/mol. The average Bonchev–Trinajstić information content (AvgIpc) is 2.98. The zero-order valence-corrected chi connectivity index (χ0v) is 11.5. The van der Waals surface area contributed by atoms with Crippen molar-refractivity contribution in [3.05, 3.63) is 33.7 Å². The van der Waals surface area contributed by atoms with E-state index in [-0.39, 0.29) is 6.61 Å². The molecule has 94 valence electrons. The van der Waals surface area contributed by atoms with Gasteiger partial charge in [0, 0.05) is 11.6 Å². The first-order valence-electron chi connectivity index (χ1n) is 5.41. The van der Waals surface area contributed by atoms with E-state index in [1.807, 2.05) is 29.8 Å². The molecule has 5 nitrogen and oxygen atoms in total. The molecule has 0 fully saturated rings. The molecule has 3 rings (SSSR count). The fourth-order valence-corrected chi connectivity index (χ4v) is 2.81. The first-order chi connectivity index (χ1) is 8.63. The summed E-state index contributed by atoms with van der Waals surface area (Å²) in [6.07, 6.45) is 1.88. The predicted octanol–water partition coefficient (Wildman–Crippen LogP) is 2.34. The Balaban J connectivity index is 2.30. The summed E-state index contributed by atoms with van der Waals surface area (Å²) in [5.41, 5.74) is 2.30. The highest BCUT2D eigenvalue weighted by Gasteiger charge is 2.18. The fourth-order valence-electron chi connectivity index (χ4n) is 1.97. The van der Waals surface area contributed by atoms with Crippen LogP contribution in [-0.4, -0.2) is 24.3 Å². The van der Waals surface area contributed by atoms with E-state index in [1.54, 1.807) is 4.68 Å². The topological polar surface area (TPSA) is 55.4 Å². The number of nitrogens with zero attached hydrogens (tertiary/aromatic N) is 4. The van der Waals surface area contributed by atoms with E-state index in [0.717, 1.165) is 16.3 Å². The molecule has 0 saturated heterocycles. The Morgan fingerprint density at radius 1 is 1.44 bits per heavy atom. The van der Waals surface area contributed by atoms with Gasteiger partial charge >= 0.3 is 0 Å². The minimum atomic E-state index is -0.0940. The molecule has 0 spiro atoms. The molecule has 0 unspecified atom stereocenters. The summed E-state index contributed by atoms with van der Waals surface area (Å²) in [7, 11) is 0. The van der Waals surface area contributed by atoms with Gasteiger partial charge < -0.3 is 5.11 Å². The molecule has 18 heavy (non-hydrogen) atoms. The van der Waals surface area contributed by atoms with E-state index in [0.29, 0.717) is 16.5 Å². The molecule has 0 amide bonds. The molecule has 0 radical (unpaired) electrons. The van der Waals surface area contributed by atoms with E-state index in [4.69, 9.17) is 11.6 Å². The van der Waals surface area contributed by atoms with Crippen LogP contribution in [0, 0.1) is 13.8 Å². The van der Waals surface area contributed by atoms with Gasteiger partial charge in [-0.05, 0) is 13.8 Å². The second-order valence-electron chi connectivity index (χ2n) is 3.99. The zero-order chi connectivity index (χ0) is 12.9. The van der Waals surface area contributed by atoms with Gasteiger partial charge in [0.15, 0.2) is 10.8 Å². The lowest BCUT2D eigenvalue weighted by molar-refractivity contribution is 0.275. The number of aromatic nitrogens is 4. The van der Waals surface area contributed by atoms with Gasteiger partial charge in [-0.1, -0.05) is 11.6 Å². The molecule has 3 aromatic rings. The molecule has 0 saturated carbocycles. The van der Waals surface area contributed by atoms with Crippen LogP contribution in [0.5, 0.6) is 0 Å². The fraction of sp³-hybridized carbons (Fsp3) is 0.273. The van der Waals surface area contributed by atoms with Gasteiger partial charge in [0.25, 0.3) is 0 Å². The summed E-state index contributed by atoms with van der Waals surface area (Å²) in [6, 6.07) is 0. The number of aliphatic hydroxyl groups is 1. The largest absolute Gasteiger partial charge is 0.390 e. The molecule has 3 heterocycles. The van der Waals surface area contributed by atoms with Crippen molar-refractivity contribution >= 4 is 27.9 Å². The van der Waals surface area contributed by atoms with Gasteiger partial charge in [-0.2, -0.15) is 10.1 Å². The number of aryl methyl sites for hydroxylation is 1. The molecular formula is C11H11ClN4OS. The number of rotatable bonds is 2. The Morgan fingerprint density at radius 2 is 2.22 bits per heavy atom. The Hall–Kier alpha value is -1.37. The lowest BCUT2D eigenvalue weighted by Gasteiger charge is -2.02. The first-order valence-corrected chi connectivity index (χ1v) is 6.66. The van der Waals surface area contributed by atoms with Crippen molar-refractivity contribution in [3.63, 3.8) is 0 Å². The van der Waals surface area contributed by atoms with Crippen LogP contribution < -0.4 is 0 Å². The van der Waals surface area contributed by atoms with Crippen molar-refractivity contribution in [2.75, 3.05) is 0 Å². The van der Waals surface area contributed by atoms with E-state index in [1.165, 1.54) is 11.3 Å². The smallest absolute Gasteiger partial charge is 0.196 e. The van der Waals surface area contributed by atoms with Gasteiger partial charge in [-0.25, -0.2) is 4.68 Å². The normalized spacial score (nSPS) is 11.6. The molecule has 0 aromatic carbocycles. The van der Waals surface area contributed by atoms with Gasteiger partial charge in [-0.3, -0.25) is 4.40 Å². The molecule has 0 bridgehead atoms. The van der Waals surface area contributed by atoms with Crippen LogP contribution in [0.1, 0.15) is 17.1 Å². The van der Waals surface area contributed by atoms with E-state index < -0.39 is 0 Å². The Morgan fingerprint density at radius 3 is 2.83 bits per heavy atom. The van der Waals surface area contributed by atoms with Crippen LogP contribution in [0.15, 0.2) is 11.6 Å². The third kappa shape index (κ3) is 1.50. The average molecular weight is 283 g/mol. The predicted molar refractivity (Wildman–Crippen MR) is 70.6 cm³/mol. The monoisotopic (exact) mass is 282 g/mol. The standard InChI is InChI=1S/C11H11ClN4OS/c1-6-9(12)7(2)16(14-6)10-8(5-17)15-3-4-18-11(15)13-10/h3-4,17H,5H2,1-2H3. The number of hydrogen-bond donors (Lipinski definition) is 1. The number of hydrogen-bond acceptors (Lipinski definition) is 4. The Labute approximate surface area is 112 Å². The maximum atomic E-state index is 9.52. The van der Waals surface area contributed by atoms with Crippen LogP contribution >= 0.6 is 22.9 Å². The maximum Gasteiger partial charge on any atom is 0.196 e. The van der Waals surface area contributed by atoms with Crippen molar-refractivity contribution < 1.29 is 5.11 Å². The minimum absolute atomic E-state index is 0.0940. The summed E-state index contributed by atoms with van der Waals surface area (Å²) >= 11 is 7.65. The second-order valence-corrected chi connectivity index (χ2v) is 5.24. The van der Waals surface area contributed by atoms with Gasteiger partial charge in [0.05, 0.1) is 28.7 Å². The van der Waals surface area contributed by atoms with Gasteiger partial charge in [-0.15, -0.1) is 11.3 Å². The molecule has 0 aliphatic carbocycles. The van der Waals surface area contributed by atoms with Crippen molar-refractivity contribution in [2.45, 2.75) is 20.5 Å². The first kappa shape index (κ1) is 11.7. The molecule has 1 N–H and O–H groups in total. The van der Waals surface area contributed by atoms with Crippen molar-refractivity contribution in [1.82, 2.24) is 19.2 Å². The summed E-state index contributed by atoms with van der Waals surface area (Å²) < 4.78 is 3.55. The van der Waals surface area contributed by atoms with Crippen molar-refractivity contribution in [3.8, 4) is 5.82 Å². The Kier molecular flexibility index (Phi) is 2.65. The highest BCUT2D eigenvalue weighted by Crippen LogP contribution is 2.26. The van der Waals surface area contributed by atoms with Crippen molar-refractivity contribution in [2.24, 2.45) is 0 Å². The number of thiazole rings is 1. The number of aliphatic hydroxyl groups excluding tert-OH is 1. The van der Waals surface area contributed by atoms with Crippen molar-refractivity contribution in [1.29, 1.82) is 0 Å². The highest BCUT2D eigenvalue weighted by molar-refractivity contribution is 7.15. The summed E-state index contributed by atoms with van der Waals surface area (Å²) in [5, 5.41) is 16.5. The maximum absolute atomic E-state index is 9.52. The van der Waals surface area contributed by atoms with Crippen LogP contribution in [0.3, 0.4) is 0 Å². The van der Waals surface area contributed by atoms with Crippen LogP contribution in [0.4, 0.5) is 0 Å². The zero-order valence-electron chi connectivity index (χ0n) is 9.88. The third-order valence-corrected chi connectivity index (χ3v) is 4.20. The minimum Gasteiger partial charge on any atom is -0.390 e.